The smallest absolute Gasteiger partial charge is 0.240 e. The normalized spacial score (nSPS) is 18.1. The van der Waals surface area contributed by atoms with Gasteiger partial charge in [-0.2, -0.15) is 0 Å². The van der Waals surface area contributed by atoms with Crippen molar-refractivity contribution in [2.45, 2.75) is 12.8 Å². The van der Waals surface area contributed by atoms with E-state index in [1.807, 2.05) is 29.2 Å². The van der Waals surface area contributed by atoms with Crippen molar-refractivity contribution < 1.29 is 4.79 Å². The molecular weight excluding hydrogens is 268 g/mol. The summed E-state index contributed by atoms with van der Waals surface area (Å²) in [6.07, 6.45) is 2.16. The predicted octanol–water partition coefficient (Wildman–Crippen LogP) is 2.17. The second kappa shape index (κ2) is 5.46. The summed E-state index contributed by atoms with van der Waals surface area (Å²) in [6, 6.07) is 7.86. The summed E-state index contributed by atoms with van der Waals surface area (Å²) < 4.78 is 0.976. The van der Waals surface area contributed by atoms with E-state index < -0.39 is 0 Å². The van der Waals surface area contributed by atoms with Crippen molar-refractivity contribution >= 4 is 27.5 Å². The highest BCUT2D eigenvalue weighted by molar-refractivity contribution is 9.10. The quantitative estimate of drug-likeness (QED) is 0.856. The monoisotopic (exact) mass is 282 g/mol. The molecule has 0 aromatic heterocycles. The maximum atomic E-state index is 12.0. The van der Waals surface area contributed by atoms with Crippen LogP contribution < -0.4 is 10.2 Å². The van der Waals surface area contributed by atoms with E-state index in [0.29, 0.717) is 6.54 Å². The highest BCUT2D eigenvalue weighted by Gasteiger charge is 2.18. The molecule has 1 aromatic carbocycles. The minimum absolute atomic E-state index is 0.145. The molecule has 4 heteroatoms. The van der Waals surface area contributed by atoms with Crippen molar-refractivity contribution in [3.63, 3.8) is 0 Å². The van der Waals surface area contributed by atoms with Gasteiger partial charge in [0.25, 0.3) is 0 Å². The lowest BCUT2D eigenvalue weighted by Gasteiger charge is -2.26. The summed E-state index contributed by atoms with van der Waals surface area (Å²) in [5, 5.41) is 3.15. The van der Waals surface area contributed by atoms with Crippen LogP contribution in [0.4, 0.5) is 5.69 Å². The summed E-state index contributed by atoms with van der Waals surface area (Å²) in [5.41, 5.74) is 0.969. The molecule has 1 saturated heterocycles. The molecule has 16 heavy (non-hydrogen) atoms. The molecule has 1 aliphatic heterocycles. The first kappa shape index (κ1) is 11.6. The molecule has 1 amide bonds. The molecule has 1 aromatic rings. The number of rotatable bonds is 1. The first-order chi connectivity index (χ1) is 7.79. The highest BCUT2D eigenvalue weighted by Crippen LogP contribution is 2.26. The van der Waals surface area contributed by atoms with Crippen LogP contribution in [0.25, 0.3) is 0 Å². The standard InChI is InChI=1S/C12H15BrN2O/c13-10-5-1-2-6-11(10)15-8-4-3-7-14-9-12(15)16/h1-2,5-6,14H,3-4,7-9H2. The lowest BCUT2D eigenvalue weighted by Crippen LogP contribution is -2.41. The zero-order valence-electron chi connectivity index (χ0n) is 9.08. The first-order valence-electron chi connectivity index (χ1n) is 5.54. The van der Waals surface area contributed by atoms with E-state index in [1.54, 1.807) is 0 Å². The number of amides is 1. The van der Waals surface area contributed by atoms with Crippen molar-refractivity contribution in [2.24, 2.45) is 0 Å². The van der Waals surface area contributed by atoms with Crippen LogP contribution in [0.15, 0.2) is 28.7 Å². The fourth-order valence-electron chi connectivity index (χ4n) is 1.86. The van der Waals surface area contributed by atoms with Gasteiger partial charge in [0.15, 0.2) is 0 Å². The highest BCUT2D eigenvalue weighted by atomic mass is 79.9. The van der Waals surface area contributed by atoms with E-state index in [1.165, 1.54) is 0 Å². The van der Waals surface area contributed by atoms with Gasteiger partial charge in [0.2, 0.25) is 5.91 Å². The number of benzene rings is 1. The molecule has 1 N–H and O–H groups in total. The van der Waals surface area contributed by atoms with Crippen LogP contribution in [-0.4, -0.2) is 25.5 Å². The van der Waals surface area contributed by atoms with E-state index in [2.05, 4.69) is 21.2 Å². The largest absolute Gasteiger partial charge is 0.310 e. The molecule has 1 aliphatic rings. The van der Waals surface area contributed by atoms with Gasteiger partial charge in [-0.05, 0) is 47.4 Å². The van der Waals surface area contributed by atoms with E-state index in [4.69, 9.17) is 0 Å². The molecule has 2 rings (SSSR count). The minimum Gasteiger partial charge on any atom is -0.310 e. The molecule has 0 atom stereocenters. The van der Waals surface area contributed by atoms with E-state index in [-0.39, 0.29) is 5.91 Å². The van der Waals surface area contributed by atoms with Gasteiger partial charge in [-0.15, -0.1) is 0 Å². The Kier molecular flexibility index (Phi) is 3.96. The number of carbonyl (C=O) groups excluding carboxylic acids is 1. The zero-order chi connectivity index (χ0) is 11.4. The van der Waals surface area contributed by atoms with Crippen LogP contribution in [0.2, 0.25) is 0 Å². The average Bonchev–Trinajstić information content (AvgIpc) is 2.26. The van der Waals surface area contributed by atoms with Gasteiger partial charge in [-0.3, -0.25) is 4.79 Å². The van der Waals surface area contributed by atoms with Crippen LogP contribution in [0.3, 0.4) is 0 Å². The van der Waals surface area contributed by atoms with E-state index in [9.17, 15) is 4.79 Å². The number of nitrogens with one attached hydrogen (secondary N) is 1. The minimum atomic E-state index is 0.145. The van der Waals surface area contributed by atoms with Gasteiger partial charge in [-0.1, -0.05) is 12.1 Å². The number of hydrogen-bond acceptors (Lipinski definition) is 2. The Labute approximate surface area is 104 Å². The molecule has 3 nitrogen and oxygen atoms in total. The van der Waals surface area contributed by atoms with Crippen LogP contribution >= 0.6 is 15.9 Å². The molecule has 0 radical (unpaired) electrons. The number of anilines is 1. The average molecular weight is 283 g/mol. The summed E-state index contributed by atoms with van der Waals surface area (Å²) in [7, 11) is 0. The van der Waals surface area contributed by atoms with Gasteiger partial charge in [0.05, 0.1) is 12.2 Å². The second-order valence-corrected chi connectivity index (χ2v) is 4.74. The van der Waals surface area contributed by atoms with Crippen molar-refractivity contribution in [3.8, 4) is 0 Å². The molecule has 0 unspecified atom stereocenters. The van der Waals surface area contributed by atoms with E-state index >= 15 is 0 Å². The Hall–Kier alpha value is -0.870. The third kappa shape index (κ3) is 2.62. The Balaban J connectivity index is 2.22. The summed E-state index contributed by atoms with van der Waals surface area (Å²) in [4.78, 5) is 13.8. The lowest BCUT2D eigenvalue weighted by atomic mass is 10.2. The molecule has 0 aliphatic carbocycles. The van der Waals surface area contributed by atoms with Gasteiger partial charge >= 0.3 is 0 Å². The van der Waals surface area contributed by atoms with Gasteiger partial charge in [0, 0.05) is 11.0 Å². The van der Waals surface area contributed by atoms with Gasteiger partial charge < -0.3 is 10.2 Å². The number of carbonyl (C=O) groups is 1. The summed E-state index contributed by atoms with van der Waals surface area (Å²) in [5.74, 6) is 0.145. The topological polar surface area (TPSA) is 32.3 Å². The van der Waals surface area contributed by atoms with Crippen LogP contribution in [0, 0.1) is 0 Å². The van der Waals surface area contributed by atoms with Gasteiger partial charge in [0.1, 0.15) is 0 Å². The Morgan fingerprint density at radius 3 is 2.88 bits per heavy atom. The molecule has 86 valence electrons. The summed E-state index contributed by atoms with van der Waals surface area (Å²) in [6.45, 7) is 2.18. The third-order valence-corrected chi connectivity index (χ3v) is 3.38. The molecule has 0 bridgehead atoms. The maximum Gasteiger partial charge on any atom is 0.240 e. The fraction of sp³-hybridized carbons (Fsp3) is 0.417. The molecule has 1 fully saturated rings. The molecule has 0 saturated carbocycles. The van der Waals surface area contributed by atoms with Crippen LogP contribution in [0.5, 0.6) is 0 Å². The van der Waals surface area contributed by atoms with Crippen molar-refractivity contribution in [2.75, 3.05) is 24.5 Å². The number of nitrogens with zero attached hydrogens (tertiary/aromatic N) is 1. The zero-order valence-corrected chi connectivity index (χ0v) is 10.7. The molecular formula is C12H15BrN2O. The van der Waals surface area contributed by atoms with E-state index in [0.717, 1.165) is 36.1 Å². The molecule has 1 heterocycles. The SMILES string of the molecule is O=C1CNCCCCN1c1ccccc1Br. The predicted molar refractivity (Wildman–Crippen MR) is 68.6 cm³/mol. The Bertz CT molecular complexity index is 381. The van der Waals surface area contributed by atoms with Crippen molar-refractivity contribution in [3.05, 3.63) is 28.7 Å². The third-order valence-electron chi connectivity index (χ3n) is 2.71. The number of hydrogen-bond donors (Lipinski definition) is 1. The van der Waals surface area contributed by atoms with Crippen molar-refractivity contribution in [1.82, 2.24) is 5.32 Å². The Morgan fingerprint density at radius 2 is 2.06 bits per heavy atom. The fourth-order valence-corrected chi connectivity index (χ4v) is 2.36. The Morgan fingerprint density at radius 1 is 1.25 bits per heavy atom. The van der Waals surface area contributed by atoms with Gasteiger partial charge in [-0.25, -0.2) is 0 Å². The van der Waals surface area contributed by atoms with Crippen LogP contribution in [0.1, 0.15) is 12.8 Å². The second-order valence-electron chi connectivity index (χ2n) is 3.88. The lowest BCUT2D eigenvalue weighted by molar-refractivity contribution is -0.118. The first-order valence-corrected chi connectivity index (χ1v) is 6.34. The summed E-state index contributed by atoms with van der Waals surface area (Å²) >= 11 is 3.49. The van der Waals surface area contributed by atoms with Crippen molar-refractivity contribution in [1.29, 1.82) is 0 Å². The van der Waals surface area contributed by atoms with Crippen LogP contribution in [-0.2, 0) is 4.79 Å². The number of halogens is 1. The molecule has 0 spiro atoms. The number of para-hydroxylation sites is 1. The maximum absolute atomic E-state index is 12.0.